The first-order valence-corrected chi connectivity index (χ1v) is 8.00. The molecule has 1 aliphatic heterocycles. The zero-order valence-electron chi connectivity index (χ0n) is 13.9. The summed E-state index contributed by atoms with van der Waals surface area (Å²) in [6.45, 7) is 3.13. The van der Waals surface area contributed by atoms with Crippen molar-refractivity contribution < 1.29 is 13.9 Å². The zero-order chi connectivity index (χ0) is 17.1. The van der Waals surface area contributed by atoms with Crippen LogP contribution in [0.25, 0.3) is 5.69 Å². The summed E-state index contributed by atoms with van der Waals surface area (Å²) in [5.41, 5.74) is 7.68. The Kier molecular flexibility index (Phi) is 6.52. The molecule has 2 heterocycles. The highest BCUT2D eigenvalue weighted by Gasteiger charge is 2.26. The van der Waals surface area contributed by atoms with Crippen molar-refractivity contribution in [2.24, 2.45) is 11.7 Å². The normalized spacial score (nSPS) is 16.1. The predicted octanol–water partition coefficient (Wildman–Crippen LogP) is 2.43. The molecule has 1 atom stereocenters. The van der Waals surface area contributed by atoms with Gasteiger partial charge in [0.2, 0.25) is 5.91 Å². The Hall–Kier alpha value is -1.96. The minimum atomic E-state index is -0.620. The number of carbonyl (C=O) groups excluding carboxylic acids is 1. The number of nitrogens with zero attached hydrogens (tertiary/aromatic N) is 2. The van der Waals surface area contributed by atoms with Crippen molar-refractivity contribution in [3.8, 4) is 5.69 Å². The maximum absolute atomic E-state index is 14.3. The Balaban J connectivity index is 0.00000225. The first kappa shape index (κ1) is 19.4. The highest BCUT2D eigenvalue weighted by atomic mass is 35.5. The van der Waals surface area contributed by atoms with E-state index < -0.39 is 11.9 Å². The van der Waals surface area contributed by atoms with E-state index in [9.17, 15) is 9.18 Å². The van der Waals surface area contributed by atoms with Crippen LogP contribution in [0.5, 0.6) is 0 Å². The smallest absolute Gasteiger partial charge is 0.241 e. The fourth-order valence-corrected chi connectivity index (χ4v) is 2.83. The van der Waals surface area contributed by atoms with Crippen LogP contribution in [0.3, 0.4) is 0 Å². The molecule has 0 radical (unpaired) electrons. The molecule has 3 N–H and O–H groups in total. The highest BCUT2D eigenvalue weighted by Crippen LogP contribution is 2.21. The van der Waals surface area contributed by atoms with Gasteiger partial charge in [-0.05, 0) is 49.4 Å². The summed E-state index contributed by atoms with van der Waals surface area (Å²) in [5, 5.41) is 6.77. The maximum Gasteiger partial charge on any atom is 0.241 e. The SMILES string of the molecule is Cc1cnn(-c2ccc(NC(=O)C(N)C3CCOCC3)cc2F)c1.Cl. The molecule has 1 fully saturated rings. The van der Waals surface area contributed by atoms with Crippen molar-refractivity contribution in [1.82, 2.24) is 9.78 Å². The topological polar surface area (TPSA) is 82.2 Å². The van der Waals surface area contributed by atoms with Crippen molar-refractivity contribution in [3.63, 3.8) is 0 Å². The number of aryl methyl sites for hydroxylation is 1. The molecule has 1 amide bonds. The second kappa shape index (κ2) is 8.42. The van der Waals surface area contributed by atoms with E-state index in [1.807, 2.05) is 6.92 Å². The number of aromatic nitrogens is 2. The molecule has 8 heteroatoms. The fraction of sp³-hybridized carbons (Fsp3) is 0.412. The first-order valence-electron chi connectivity index (χ1n) is 8.00. The molecule has 6 nitrogen and oxygen atoms in total. The summed E-state index contributed by atoms with van der Waals surface area (Å²) in [6.07, 6.45) is 4.92. The Morgan fingerprint density at radius 3 is 2.76 bits per heavy atom. The third-order valence-corrected chi connectivity index (χ3v) is 4.25. The summed E-state index contributed by atoms with van der Waals surface area (Å²) in [7, 11) is 0. The molecule has 2 aromatic rings. The predicted molar refractivity (Wildman–Crippen MR) is 95.7 cm³/mol. The molecule has 1 aliphatic rings. The highest BCUT2D eigenvalue weighted by molar-refractivity contribution is 5.95. The van der Waals surface area contributed by atoms with E-state index in [2.05, 4.69) is 10.4 Å². The van der Waals surface area contributed by atoms with E-state index in [-0.39, 0.29) is 24.2 Å². The molecule has 3 rings (SSSR count). The van der Waals surface area contributed by atoms with Gasteiger partial charge in [-0.1, -0.05) is 0 Å². The molecular weight excluding hydrogens is 347 g/mol. The van der Waals surface area contributed by atoms with Gasteiger partial charge >= 0.3 is 0 Å². The number of amides is 1. The molecule has 0 bridgehead atoms. The van der Waals surface area contributed by atoms with Crippen molar-refractivity contribution in [3.05, 3.63) is 42.0 Å². The lowest BCUT2D eigenvalue weighted by Crippen LogP contribution is -2.44. The Morgan fingerprint density at radius 2 is 2.16 bits per heavy atom. The van der Waals surface area contributed by atoms with E-state index in [0.717, 1.165) is 18.4 Å². The third kappa shape index (κ3) is 4.56. The van der Waals surface area contributed by atoms with Gasteiger partial charge in [-0.15, -0.1) is 12.4 Å². The number of halogens is 2. The number of rotatable bonds is 4. The molecule has 25 heavy (non-hydrogen) atoms. The van der Waals surface area contributed by atoms with Crippen LogP contribution >= 0.6 is 12.4 Å². The number of hydrogen-bond acceptors (Lipinski definition) is 4. The second-order valence-corrected chi connectivity index (χ2v) is 6.09. The molecule has 0 aliphatic carbocycles. The van der Waals surface area contributed by atoms with Crippen LogP contribution in [0.15, 0.2) is 30.6 Å². The first-order chi connectivity index (χ1) is 11.5. The van der Waals surface area contributed by atoms with Gasteiger partial charge in [-0.25, -0.2) is 9.07 Å². The van der Waals surface area contributed by atoms with Crippen LogP contribution in [0.4, 0.5) is 10.1 Å². The standard InChI is InChI=1S/C17H21FN4O2.ClH/c1-11-9-20-22(10-11)15-3-2-13(8-14(15)18)21-17(23)16(19)12-4-6-24-7-5-12;/h2-3,8-10,12,16H,4-7,19H2,1H3,(H,21,23);1H. The van der Waals surface area contributed by atoms with Gasteiger partial charge < -0.3 is 15.8 Å². The van der Waals surface area contributed by atoms with Gasteiger partial charge in [0.05, 0.1) is 12.2 Å². The van der Waals surface area contributed by atoms with Crippen molar-refractivity contribution in [1.29, 1.82) is 0 Å². The minimum absolute atomic E-state index is 0. The summed E-state index contributed by atoms with van der Waals surface area (Å²) in [6, 6.07) is 3.88. The van der Waals surface area contributed by atoms with E-state index in [1.54, 1.807) is 24.5 Å². The molecule has 0 saturated carbocycles. The lowest BCUT2D eigenvalue weighted by Gasteiger charge is -2.26. The number of benzene rings is 1. The van der Waals surface area contributed by atoms with E-state index >= 15 is 0 Å². The van der Waals surface area contributed by atoms with Gasteiger partial charge in [0.1, 0.15) is 5.69 Å². The van der Waals surface area contributed by atoms with Gasteiger partial charge in [-0.2, -0.15) is 5.10 Å². The monoisotopic (exact) mass is 368 g/mol. The summed E-state index contributed by atoms with van der Waals surface area (Å²) in [4.78, 5) is 12.3. The Bertz CT molecular complexity index is 731. The average Bonchev–Trinajstić information content (AvgIpc) is 3.01. The molecule has 1 aromatic carbocycles. The molecule has 1 aromatic heterocycles. The molecule has 0 spiro atoms. The number of ether oxygens (including phenoxy) is 1. The molecule has 1 unspecified atom stereocenters. The van der Waals surface area contributed by atoms with Gasteiger partial charge in [0.25, 0.3) is 0 Å². The maximum atomic E-state index is 14.3. The van der Waals surface area contributed by atoms with Crippen LogP contribution in [0, 0.1) is 18.7 Å². The lowest BCUT2D eigenvalue weighted by atomic mass is 9.92. The largest absolute Gasteiger partial charge is 0.381 e. The average molecular weight is 369 g/mol. The van der Waals surface area contributed by atoms with Crippen molar-refractivity contribution in [2.75, 3.05) is 18.5 Å². The number of hydrogen-bond donors (Lipinski definition) is 2. The van der Waals surface area contributed by atoms with Crippen LogP contribution in [0.2, 0.25) is 0 Å². The number of anilines is 1. The Labute approximate surface area is 151 Å². The van der Waals surface area contributed by atoms with E-state index in [4.69, 9.17) is 10.5 Å². The third-order valence-electron chi connectivity index (χ3n) is 4.25. The minimum Gasteiger partial charge on any atom is -0.381 e. The van der Waals surface area contributed by atoms with E-state index in [0.29, 0.717) is 24.6 Å². The van der Waals surface area contributed by atoms with Gasteiger partial charge in [0.15, 0.2) is 5.82 Å². The van der Waals surface area contributed by atoms with Crippen molar-refractivity contribution in [2.45, 2.75) is 25.8 Å². The fourth-order valence-electron chi connectivity index (χ4n) is 2.83. The van der Waals surface area contributed by atoms with Crippen molar-refractivity contribution >= 4 is 24.0 Å². The number of nitrogens with one attached hydrogen (secondary N) is 1. The van der Waals surface area contributed by atoms with Crippen LogP contribution in [0.1, 0.15) is 18.4 Å². The van der Waals surface area contributed by atoms with Crippen LogP contribution in [-0.2, 0) is 9.53 Å². The van der Waals surface area contributed by atoms with Gasteiger partial charge in [0, 0.05) is 25.1 Å². The van der Waals surface area contributed by atoms with Crippen LogP contribution < -0.4 is 11.1 Å². The summed E-state index contributed by atoms with van der Waals surface area (Å²) in [5.74, 6) is -0.672. The molecular formula is C17H22ClFN4O2. The summed E-state index contributed by atoms with van der Waals surface area (Å²) < 4.78 is 21.0. The lowest BCUT2D eigenvalue weighted by molar-refractivity contribution is -0.119. The quantitative estimate of drug-likeness (QED) is 0.868. The number of carbonyl (C=O) groups is 1. The zero-order valence-corrected chi connectivity index (χ0v) is 14.8. The second-order valence-electron chi connectivity index (χ2n) is 6.09. The molecule has 136 valence electrons. The Morgan fingerprint density at radius 1 is 1.44 bits per heavy atom. The molecule has 1 saturated heterocycles. The summed E-state index contributed by atoms with van der Waals surface area (Å²) >= 11 is 0. The van der Waals surface area contributed by atoms with E-state index in [1.165, 1.54) is 10.7 Å². The van der Waals surface area contributed by atoms with Crippen LogP contribution in [-0.4, -0.2) is 34.9 Å². The number of nitrogens with two attached hydrogens (primary N) is 1. The van der Waals surface area contributed by atoms with Gasteiger partial charge in [-0.3, -0.25) is 4.79 Å².